The third kappa shape index (κ3) is 4.05. The molecule has 0 bridgehead atoms. The fourth-order valence-corrected chi connectivity index (χ4v) is 3.33. The van der Waals surface area contributed by atoms with Gasteiger partial charge in [0.2, 0.25) is 0 Å². The average Bonchev–Trinajstić information content (AvgIpc) is 3.01. The van der Waals surface area contributed by atoms with Crippen LogP contribution < -0.4 is 11.3 Å². The van der Waals surface area contributed by atoms with Crippen molar-refractivity contribution in [2.45, 2.75) is 51.6 Å². The average molecular weight is 289 g/mol. The molecule has 1 unspecified atom stereocenters. The molecule has 0 radical (unpaired) electrons. The first-order chi connectivity index (χ1) is 10.1. The highest BCUT2D eigenvalue weighted by molar-refractivity contribution is 5.82. The molecule has 0 aromatic heterocycles. The molecular formula is C17H27N3O. The van der Waals surface area contributed by atoms with Crippen LogP contribution in [0.25, 0.3) is 0 Å². The summed E-state index contributed by atoms with van der Waals surface area (Å²) >= 11 is 0. The van der Waals surface area contributed by atoms with E-state index in [9.17, 15) is 4.79 Å². The van der Waals surface area contributed by atoms with E-state index in [1.54, 1.807) is 0 Å². The largest absolute Gasteiger partial charge is 0.293 e. The maximum Gasteiger partial charge on any atom is 0.255 e. The third-order valence-electron chi connectivity index (χ3n) is 4.21. The molecule has 0 heterocycles. The van der Waals surface area contributed by atoms with Crippen molar-refractivity contribution in [1.29, 1.82) is 0 Å². The van der Waals surface area contributed by atoms with Gasteiger partial charge in [0, 0.05) is 12.6 Å². The molecule has 1 amide bonds. The number of rotatable bonds is 6. The molecule has 1 aromatic rings. The minimum atomic E-state index is -0.290. The number of hydrazine groups is 1. The van der Waals surface area contributed by atoms with Crippen molar-refractivity contribution in [3.05, 3.63) is 35.9 Å². The van der Waals surface area contributed by atoms with Gasteiger partial charge in [0.05, 0.1) is 0 Å². The zero-order valence-corrected chi connectivity index (χ0v) is 13.1. The van der Waals surface area contributed by atoms with Crippen LogP contribution in [-0.4, -0.2) is 23.4 Å². The maximum atomic E-state index is 12.4. The lowest BCUT2D eigenvalue weighted by atomic mass is 10.00. The van der Waals surface area contributed by atoms with E-state index in [1.165, 1.54) is 25.7 Å². The zero-order chi connectivity index (χ0) is 15.2. The highest BCUT2D eigenvalue weighted by Gasteiger charge is 2.34. The van der Waals surface area contributed by atoms with Crippen molar-refractivity contribution in [3.8, 4) is 0 Å². The van der Waals surface area contributed by atoms with Crippen molar-refractivity contribution in [3.63, 3.8) is 0 Å². The zero-order valence-electron chi connectivity index (χ0n) is 13.1. The number of nitrogens with one attached hydrogen (secondary N) is 1. The number of benzene rings is 1. The Kier molecular flexibility index (Phi) is 5.76. The van der Waals surface area contributed by atoms with Gasteiger partial charge in [0.25, 0.3) is 5.91 Å². The summed E-state index contributed by atoms with van der Waals surface area (Å²) in [6, 6.07) is 10.2. The Morgan fingerprint density at radius 1 is 1.29 bits per heavy atom. The van der Waals surface area contributed by atoms with Gasteiger partial charge in [0.1, 0.15) is 6.04 Å². The summed E-state index contributed by atoms with van der Waals surface area (Å²) in [4.78, 5) is 14.8. The van der Waals surface area contributed by atoms with Crippen LogP contribution >= 0.6 is 0 Å². The summed E-state index contributed by atoms with van der Waals surface area (Å²) in [6.45, 7) is 5.31. The van der Waals surface area contributed by atoms with Crippen LogP contribution in [0, 0.1) is 5.92 Å². The van der Waals surface area contributed by atoms with Gasteiger partial charge in [-0.15, -0.1) is 0 Å². The number of amides is 1. The van der Waals surface area contributed by atoms with Crippen LogP contribution in [0.5, 0.6) is 0 Å². The molecule has 4 heteroatoms. The molecule has 2 rings (SSSR count). The molecule has 3 N–H and O–H groups in total. The predicted octanol–water partition coefficient (Wildman–Crippen LogP) is 2.62. The molecule has 1 atom stereocenters. The summed E-state index contributed by atoms with van der Waals surface area (Å²) in [5.41, 5.74) is 3.38. The van der Waals surface area contributed by atoms with Gasteiger partial charge in [0.15, 0.2) is 0 Å². The minimum Gasteiger partial charge on any atom is -0.293 e. The molecule has 1 aliphatic carbocycles. The highest BCUT2D eigenvalue weighted by Crippen LogP contribution is 2.32. The van der Waals surface area contributed by atoms with E-state index < -0.39 is 0 Å². The Bertz CT molecular complexity index is 441. The highest BCUT2D eigenvalue weighted by atomic mass is 16.2. The molecule has 21 heavy (non-hydrogen) atoms. The summed E-state index contributed by atoms with van der Waals surface area (Å²) in [5.74, 6) is 5.85. The second-order valence-corrected chi connectivity index (χ2v) is 6.35. The van der Waals surface area contributed by atoms with E-state index in [2.05, 4.69) is 24.2 Å². The monoisotopic (exact) mass is 289 g/mol. The van der Waals surface area contributed by atoms with Crippen LogP contribution in [-0.2, 0) is 4.79 Å². The van der Waals surface area contributed by atoms with Crippen molar-refractivity contribution in [2.75, 3.05) is 6.54 Å². The normalized spacial score (nSPS) is 17.4. The lowest BCUT2D eigenvalue weighted by molar-refractivity contribution is -0.128. The number of hydrogen-bond acceptors (Lipinski definition) is 3. The molecule has 4 nitrogen and oxygen atoms in total. The van der Waals surface area contributed by atoms with Gasteiger partial charge < -0.3 is 0 Å². The summed E-state index contributed by atoms with van der Waals surface area (Å²) < 4.78 is 0. The van der Waals surface area contributed by atoms with Crippen molar-refractivity contribution in [2.24, 2.45) is 11.8 Å². The molecule has 1 aromatic carbocycles. The SMILES string of the molecule is CC(C)CN(C1CCCC1)C(C(=O)NN)c1ccccc1. The Labute approximate surface area is 127 Å². The first-order valence-electron chi connectivity index (χ1n) is 7.94. The second-order valence-electron chi connectivity index (χ2n) is 6.35. The van der Waals surface area contributed by atoms with E-state index in [0.29, 0.717) is 12.0 Å². The Morgan fingerprint density at radius 3 is 2.43 bits per heavy atom. The first kappa shape index (κ1) is 16.0. The summed E-state index contributed by atoms with van der Waals surface area (Å²) in [5, 5.41) is 0. The van der Waals surface area contributed by atoms with Crippen LogP contribution in [0.15, 0.2) is 30.3 Å². The molecule has 0 spiro atoms. The lowest BCUT2D eigenvalue weighted by Gasteiger charge is -2.36. The second kappa shape index (κ2) is 7.57. The number of carbonyl (C=O) groups excluding carboxylic acids is 1. The van der Waals surface area contributed by atoms with E-state index in [-0.39, 0.29) is 11.9 Å². The summed E-state index contributed by atoms with van der Waals surface area (Å²) in [6.07, 6.45) is 4.86. The maximum absolute atomic E-state index is 12.4. The Balaban J connectivity index is 2.31. The predicted molar refractivity (Wildman–Crippen MR) is 85.3 cm³/mol. The van der Waals surface area contributed by atoms with Gasteiger partial charge in [-0.25, -0.2) is 5.84 Å². The van der Waals surface area contributed by atoms with Gasteiger partial charge in [-0.05, 0) is 24.3 Å². The molecule has 0 aliphatic heterocycles. The van der Waals surface area contributed by atoms with E-state index in [0.717, 1.165) is 12.1 Å². The van der Waals surface area contributed by atoms with Gasteiger partial charge in [-0.1, -0.05) is 57.0 Å². The van der Waals surface area contributed by atoms with Crippen molar-refractivity contribution >= 4 is 5.91 Å². The molecule has 116 valence electrons. The minimum absolute atomic E-state index is 0.117. The van der Waals surface area contributed by atoms with Gasteiger partial charge in [-0.3, -0.25) is 15.1 Å². The van der Waals surface area contributed by atoms with Gasteiger partial charge in [-0.2, -0.15) is 0 Å². The van der Waals surface area contributed by atoms with E-state index in [1.807, 2.05) is 30.3 Å². The number of nitrogens with zero attached hydrogens (tertiary/aromatic N) is 1. The number of carbonyl (C=O) groups is 1. The molecule has 1 saturated carbocycles. The Morgan fingerprint density at radius 2 is 1.90 bits per heavy atom. The van der Waals surface area contributed by atoms with Crippen molar-refractivity contribution < 1.29 is 4.79 Å². The van der Waals surface area contributed by atoms with Crippen LogP contribution in [0.1, 0.15) is 51.1 Å². The smallest absolute Gasteiger partial charge is 0.255 e. The molecule has 1 fully saturated rings. The first-order valence-corrected chi connectivity index (χ1v) is 7.94. The standard InChI is InChI=1S/C17H27N3O/c1-13(2)12-20(15-10-6-7-11-15)16(17(21)19-18)14-8-4-3-5-9-14/h3-5,8-9,13,15-16H,6-7,10-12,18H2,1-2H3,(H,19,21). The van der Waals surface area contributed by atoms with Crippen LogP contribution in [0.2, 0.25) is 0 Å². The number of nitrogens with two attached hydrogens (primary N) is 1. The molecule has 1 aliphatic rings. The quantitative estimate of drug-likeness (QED) is 0.481. The lowest BCUT2D eigenvalue weighted by Crippen LogP contribution is -2.48. The van der Waals surface area contributed by atoms with Gasteiger partial charge >= 0.3 is 0 Å². The van der Waals surface area contributed by atoms with E-state index >= 15 is 0 Å². The molecule has 0 saturated heterocycles. The van der Waals surface area contributed by atoms with Crippen molar-refractivity contribution in [1.82, 2.24) is 10.3 Å². The van der Waals surface area contributed by atoms with Crippen LogP contribution in [0.3, 0.4) is 0 Å². The fourth-order valence-electron chi connectivity index (χ4n) is 3.33. The van der Waals surface area contributed by atoms with Crippen LogP contribution in [0.4, 0.5) is 0 Å². The fraction of sp³-hybridized carbons (Fsp3) is 0.588. The topological polar surface area (TPSA) is 58.4 Å². The molecular weight excluding hydrogens is 262 g/mol. The third-order valence-corrected chi connectivity index (χ3v) is 4.21. The number of hydrogen-bond donors (Lipinski definition) is 2. The van der Waals surface area contributed by atoms with E-state index in [4.69, 9.17) is 5.84 Å². The Hall–Kier alpha value is -1.39. The summed E-state index contributed by atoms with van der Waals surface area (Å²) in [7, 11) is 0.